The van der Waals surface area contributed by atoms with E-state index < -0.39 is 0 Å². The first-order valence-corrected chi connectivity index (χ1v) is 5.22. The van der Waals surface area contributed by atoms with Crippen molar-refractivity contribution in [2.75, 3.05) is 13.2 Å². The molecule has 0 aromatic carbocycles. The molecule has 14 heavy (non-hydrogen) atoms. The summed E-state index contributed by atoms with van der Waals surface area (Å²) < 4.78 is 5.41. The number of nitrogens with one attached hydrogen (secondary N) is 1. The van der Waals surface area contributed by atoms with Crippen molar-refractivity contribution >= 4 is 5.91 Å². The van der Waals surface area contributed by atoms with E-state index in [9.17, 15) is 4.79 Å². The Morgan fingerprint density at radius 2 is 2.21 bits per heavy atom. The van der Waals surface area contributed by atoms with Crippen LogP contribution in [0.2, 0.25) is 0 Å². The number of ether oxygens (including phenoxy) is 1. The average Bonchev–Trinajstić information content (AvgIpc) is 2.00. The molecule has 1 rings (SSSR count). The SMILES string of the molecule is CC(C)NC(=O)COC1CC(CN)C1. The lowest BCUT2D eigenvalue weighted by Crippen LogP contribution is -2.39. The molecule has 0 saturated heterocycles. The largest absolute Gasteiger partial charge is 0.368 e. The van der Waals surface area contributed by atoms with Crippen molar-refractivity contribution in [2.45, 2.75) is 38.8 Å². The molecule has 1 aliphatic rings. The lowest BCUT2D eigenvalue weighted by Gasteiger charge is -2.34. The summed E-state index contributed by atoms with van der Waals surface area (Å²) in [4.78, 5) is 11.2. The van der Waals surface area contributed by atoms with Gasteiger partial charge in [-0.1, -0.05) is 0 Å². The summed E-state index contributed by atoms with van der Waals surface area (Å²) in [5.74, 6) is 0.573. The Hall–Kier alpha value is -0.610. The quantitative estimate of drug-likeness (QED) is 0.669. The number of nitrogens with two attached hydrogens (primary N) is 1. The second-order valence-corrected chi connectivity index (χ2v) is 4.23. The topological polar surface area (TPSA) is 64.3 Å². The van der Waals surface area contributed by atoms with Crippen LogP contribution in [-0.2, 0) is 9.53 Å². The highest BCUT2D eigenvalue weighted by Gasteiger charge is 2.28. The molecule has 4 heteroatoms. The van der Waals surface area contributed by atoms with E-state index in [2.05, 4.69) is 5.32 Å². The lowest BCUT2D eigenvalue weighted by molar-refractivity contribution is -0.131. The first-order valence-electron chi connectivity index (χ1n) is 5.22. The average molecular weight is 200 g/mol. The Labute approximate surface area is 85.2 Å². The first kappa shape index (κ1) is 11.5. The molecule has 82 valence electrons. The second-order valence-electron chi connectivity index (χ2n) is 4.23. The second kappa shape index (κ2) is 5.32. The van der Waals surface area contributed by atoms with Crippen molar-refractivity contribution in [3.8, 4) is 0 Å². The molecule has 0 bridgehead atoms. The van der Waals surface area contributed by atoms with Crippen molar-refractivity contribution < 1.29 is 9.53 Å². The Morgan fingerprint density at radius 1 is 1.57 bits per heavy atom. The summed E-state index contributed by atoms with van der Waals surface area (Å²) >= 11 is 0. The van der Waals surface area contributed by atoms with Crippen LogP contribution in [0.3, 0.4) is 0 Å². The Balaban J connectivity index is 2.02. The van der Waals surface area contributed by atoms with E-state index in [0.717, 1.165) is 19.4 Å². The minimum Gasteiger partial charge on any atom is -0.368 e. The van der Waals surface area contributed by atoms with E-state index in [1.807, 2.05) is 13.8 Å². The Morgan fingerprint density at radius 3 is 2.71 bits per heavy atom. The standard InChI is InChI=1S/C10H20N2O2/c1-7(2)12-10(13)6-14-9-3-8(4-9)5-11/h7-9H,3-6,11H2,1-2H3,(H,12,13). The number of rotatable bonds is 5. The van der Waals surface area contributed by atoms with Gasteiger partial charge in [-0.2, -0.15) is 0 Å². The van der Waals surface area contributed by atoms with E-state index in [1.54, 1.807) is 0 Å². The van der Waals surface area contributed by atoms with Gasteiger partial charge in [-0.15, -0.1) is 0 Å². The van der Waals surface area contributed by atoms with Gasteiger partial charge in [0.15, 0.2) is 0 Å². The molecule has 1 aliphatic carbocycles. The van der Waals surface area contributed by atoms with Crippen LogP contribution in [-0.4, -0.2) is 31.2 Å². The highest BCUT2D eigenvalue weighted by atomic mass is 16.5. The molecule has 0 unspecified atom stereocenters. The van der Waals surface area contributed by atoms with E-state index in [4.69, 9.17) is 10.5 Å². The molecule has 0 atom stereocenters. The summed E-state index contributed by atoms with van der Waals surface area (Å²) in [5, 5.41) is 2.78. The molecule has 0 aromatic heterocycles. The van der Waals surface area contributed by atoms with E-state index >= 15 is 0 Å². The van der Waals surface area contributed by atoms with Gasteiger partial charge < -0.3 is 15.8 Å². The fraction of sp³-hybridized carbons (Fsp3) is 0.900. The van der Waals surface area contributed by atoms with Crippen molar-refractivity contribution in [2.24, 2.45) is 11.7 Å². The first-order chi connectivity index (χ1) is 6.61. The minimum atomic E-state index is -0.0313. The van der Waals surface area contributed by atoms with Gasteiger partial charge in [0.25, 0.3) is 0 Å². The summed E-state index contributed by atoms with van der Waals surface area (Å²) in [6, 6.07) is 0.185. The van der Waals surface area contributed by atoms with Gasteiger partial charge in [0.05, 0.1) is 6.10 Å². The van der Waals surface area contributed by atoms with Crippen LogP contribution in [0, 0.1) is 5.92 Å². The van der Waals surface area contributed by atoms with Gasteiger partial charge in [-0.25, -0.2) is 0 Å². The molecule has 0 aromatic rings. The summed E-state index contributed by atoms with van der Waals surface area (Å²) in [7, 11) is 0. The van der Waals surface area contributed by atoms with Crippen molar-refractivity contribution in [1.82, 2.24) is 5.32 Å². The fourth-order valence-corrected chi connectivity index (χ4v) is 1.56. The van der Waals surface area contributed by atoms with Crippen LogP contribution < -0.4 is 11.1 Å². The number of hydrogen-bond donors (Lipinski definition) is 2. The van der Waals surface area contributed by atoms with E-state index in [0.29, 0.717) is 5.92 Å². The van der Waals surface area contributed by atoms with Gasteiger partial charge in [-0.05, 0) is 39.2 Å². The summed E-state index contributed by atoms with van der Waals surface area (Å²) in [6.07, 6.45) is 2.26. The third-order valence-electron chi connectivity index (χ3n) is 2.43. The lowest BCUT2D eigenvalue weighted by atomic mass is 9.82. The number of amides is 1. The predicted molar refractivity (Wildman–Crippen MR) is 54.8 cm³/mol. The van der Waals surface area contributed by atoms with Gasteiger partial charge in [0, 0.05) is 6.04 Å². The van der Waals surface area contributed by atoms with Gasteiger partial charge in [-0.3, -0.25) is 4.79 Å². The maximum Gasteiger partial charge on any atom is 0.246 e. The summed E-state index contributed by atoms with van der Waals surface area (Å²) in [6.45, 7) is 4.79. The van der Waals surface area contributed by atoms with Crippen molar-refractivity contribution in [1.29, 1.82) is 0 Å². The van der Waals surface area contributed by atoms with Gasteiger partial charge in [0.1, 0.15) is 6.61 Å². The smallest absolute Gasteiger partial charge is 0.246 e. The molecule has 0 radical (unpaired) electrons. The zero-order valence-corrected chi connectivity index (χ0v) is 8.95. The molecular weight excluding hydrogens is 180 g/mol. The number of carbonyl (C=O) groups excluding carboxylic acids is 1. The monoisotopic (exact) mass is 200 g/mol. The highest BCUT2D eigenvalue weighted by molar-refractivity contribution is 5.77. The molecule has 1 amide bonds. The molecular formula is C10H20N2O2. The maximum absolute atomic E-state index is 11.2. The zero-order valence-electron chi connectivity index (χ0n) is 8.95. The molecule has 0 aliphatic heterocycles. The third-order valence-corrected chi connectivity index (χ3v) is 2.43. The third kappa shape index (κ3) is 3.64. The zero-order chi connectivity index (χ0) is 10.6. The van der Waals surface area contributed by atoms with Gasteiger partial charge in [0.2, 0.25) is 5.91 Å². The Kier molecular flexibility index (Phi) is 4.35. The van der Waals surface area contributed by atoms with Gasteiger partial charge >= 0.3 is 0 Å². The molecule has 4 nitrogen and oxygen atoms in total. The van der Waals surface area contributed by atoms with Crippen LogP contribution in [0.1, 0.15) is 26.7 Å². The number of hydrogen-bond acceptors (Lipinski definition) is 3. The maximum atomic E-state index is 11.2. The number of carbonyl (C=O) groups is 1. The van der Waals surface area contributed by atoms with Crippen LogP contribution in [0.15, 0.2) is 0 Å². The van der Waals surface area contributed by atoms with Crippen LogP contribution in [0.5, 0.6) is 0 Å². The molecule has 1 saturated carbocycles. The molecule has 0 spiro atoms. The molecule has 1 fully saturated rings. The minimum absolute atomic E-state index is 0.0313. The van der Waals surface area contributed by atoms with Crippen LogP contribution in [0.25, 0.3) is 0 Å². The molecule has 0 heterocycles. The normalized spacial score (nSPS) is 26.0. The summed E-state index contributed by atoms with van der Waals surface area (Å²) in [5.41, 5.74) is 5.48. The van der Waals surface area contributed by atoms with Crippen LogP contribution in [0.4, 0.5) is 0 Å². The van der Waals surface area contributed by atoms with Crippen molar-refractivity contribution in [3.05, 3.63) is 0 Å². The highest BCUT2D eigenvalue weighted by Crippen LogP contribution is 2.28. The Bertz CT molecular complexity index is 189. The van der Waals surface area contributed by atoms with E-state index in [1.165, 1.54) is 0 Å². The van der Waals surface area contributed by atoms with Crippen LogP contribution >= 0.6 is 0 Å². The predicted octanol–water partition coefficient (Wildman–Crippen LogP) is 0.265. The van der Waals surface area contributed by atoms with E-state index in [-0.39, 0.29) is 24.7 Å². The van der Waals surface area contributed by atoms with Crippen molar-refractivity contribution in [3.63, 3.8) is 0 Å². The fourth-order valence-electron chi connectivity index (χ4n) is 1.56. The molecule has 3 N–H and O–H groups in total.